The largest absolute Gasteiger partial charge is 0.423 e. The van der Waals surface area contributed by atoms with Gasteiger partial charge in [-0.3, -0.25) is 23.7 Å². The van der Waals surface area contributed by atoms with Gasteiger partial charge in [0.05, 0.1) is 0 Å². The van der Waals surface area contributed by atoms with Crippen LogP contribution in [0.5, 0.6) is 17.2 Å². The fourth-order valence-corrected chi connectivity index (χ4v) is 1.93. The number of nitrogens with zero attached hydrogens (tertiary/aromatic N) is 2. The third kappa shape index (κ3) is 4.50. The van der Waals surface area contributed by atoms with E-state index in [2.05, 4.69) is 4.98 Å². The summed E-state index contributed by atoms with van der Waals surface area (Å²) >= 11 is 0. The summed E-state index contributed by atoms with van der Waals surface area (Å²) in [6, 6.07) is 2.41. The highest BCUT2D eigenvalue weighted by atomic mass is 16.6. The van der Waals surface area contributed by atoms with Crippen molar-refractivity contribution in [3.63, 3.8) is 0 Å². The summed E-state index contributed by atoms with van der Waals surface area (Å²) in [6.45, 7) is 3.39. The van der Waals surface area contributed by atoms with Crippen LogP contribution in [0.25, 0.3) is 0 Å². The maximum Gasteiger partial charge on any atom is 0.308 e. The van der Waals surface area contributed by atoms with Gasteiger partial charge in [0, 0.05) is 38.7 Å². The van der Waals surface area contributed by atoms with Crippen LogP contribution in [0.2, 0.25) is 0 Å². The molecule has 9 heteroatoms. The number of rotatable bonds is 4. The van der Waals surface area contributed by atoms with E-state index in [4.69, 9.17) is 14.2 Å². The molecule has 0 aliphatic heterocycles. The number of carbonyl (C=O) groups is 4. The maximum atomic E-state index is 12.5. The second-order valence-corrected chi connectivity index (χ2v) is 4.86. The first-order valence-electron chi connectivity index (χ1n) is 7.04. The molecular formula is C16H14N2O7. The van der Waals surface area contributed by atoms with Crippen molar-refractivity contribution in [3.05, 3.63) is 36.4 Å². The summed E-state index contributed by atoms with van der Waals surface area (Å²) in [5, 5.41) is 0. The van der Waals surface area contributed by atoms with Crippen LogP contribution >= 0.6 is 0 Å². The normalized spacial score (nSPS) is 10.0. The minimum atomic E-state index is -0.726. The molecular weight excluding hydrogens is 332 g/mol. The Kier molecular flexibility index (Phi) is 5.28. The van der Waals surface area contributed by atoms with Crippen molar-refractivity contribution in [2.24, 2.45) is 0 Å². The number of esters is 3. The van der Waals surface area contributed by atoms with Gasteiger partial charge in [-0.1, -0.05) is 0 Å². The molecule has 25 heavy (non-hydrogen) atoms. The molecule has 2 aromatic rings. The second-order valence-electron chi connectivity index (χ2n) is 4.86. The lowest BCUT2D eigenvalue weighted by molar-refractivity contribution is -0.135. The molecule has 0 aliphatic carbocycles. The third-order valence-electron chi connectivity index (χ3n) is 2.76. The standard InChI is InChI=1S/C16H14N2O7/c1-9(19)23-13-6-12(16(22)18-5-4-17-8-18)7-14(24-10(2)20)15(13)25-11(3)21/h4-8H,1-3H3. The number of hydrogen-bond acceptors (Lipinski definition) is 8. The van der Waals surface area contributed by atoms with Gasteiger partial charge in [-0.15, -0.1) is 0 Å². The first kappa shape index (κ1) is 17.9. The fraction of sp³-hybridized carbons (Fsp3) is 0.188. The Balaban J connectivity index is 2.61. The summed E-state index contributed by atoms with van der Waals surface area (Å²) in [7, 11) is 0. The number of benzene rings is 1. The van der Waals surface area contributed by atoms with Crippen LogP contribution in [-0.2, 0) is 14.4 Å². The van der Waals surface area contributed by atoms with Crippen molar-refractivity contribution in [2.45, 2.75) is 20.8 Å². The van der Waals surface area contributed by atoms with E-state index in [1.165, 1.54) is 35.4 Å². The van der Waals surface area contributed by atoms with Crippen molar-refractivity contribution in [1.82, 2.24) is 9.55 Å². The molecule has 130 valence electrons. The molecule has 0 radical (unpaired) electrons. The van der Waals surface area contributed by atoms with Gasteiger partial charge in [-0.05, 0) is 12.1 Å². The number of ether oxygens (including phenoxy) is 3. The zero-order valence-electron chi connectivity index (χ0n) is 13.6. The van der Waals surface area contributed by atoms with Gasteiger partial charge in [0.15, 0.2) is 11.5 Å². The monoisotopic (exact) mass is 346 g/mol. The molecule has 0 N–H and O–H groups in total. The molecule has 0 saturated carbocycles. The number of carbonyl (C=O) groups excluding carboxylic acids is 4. The molecule has 2 rings (SSSR count). The molecule has 0 amide bonds. The number of aromatic nitrogens is 2. The Morgan fingerprint density at radius 2 is 1.40 bits per heavy atom. The van der Waals surface area contributed by atoms with Gasteiger partial charge in [0.2, 0.25) is 5.75 Å². The maximum absolute atomic E-state index is 12.5. The SMILES string of the molecule is CC(=O)Oc1cc(C(=O)n2ccnc2)cc(OC(C)=O)c1OC(C)=O. The van der Waals surface area contributed by atoms with Gasteiger partial charge < -0.3 is 14.2 Å². The zero-order chi connectivity index (χ0) is 18.6. The van der Waals surface area contributed by atoms with E-state index in [0.29, 0.717) is 0 Å². The van der Waals surface area contributed by atoms with Gasteiger partial charge in [0.25, 0.3) is 5.91 Å². The first-order valence-corrected chi connectivity index (χ1v) is 7.04. The highest BCUT2D eigenvalue weighted by Crippen LogP contribution is 2.39. The van der Waals surface area contributed by atoms with Crippen molar-refractivity contribution in [2.75, 3.05) is 0 Å². The van der Waals surface area contributed by atoms with E-state index in [9.17, 15) is 19.2 Å². The molecule has 1 heterocycles. The molecule has 9 nitrogen and oxygen atoms in total. The predicted molar refractivity (Wildman–Crippen MR) is 82.3 cm³/mol. The lowest BCUT2D eigenvalue weighted by atomic mass is 10.1. The molecule has 1 aromatic heterocycles. The van der Waals surface area contributed by atoms with Gasteiger partial charge >= 0.3 is 17.9 Å². The van der Waals surface area contributed by atoms with E-state index in [1.54, 1.807) is 0 Å². The molecule has 0 saturated heterocycles. The van der Waals surface area contributed by atoms with Crippen LogP contribution in [0.3, 0.4) is 0 Å². The van der Waals surface area contributed by atoms with Crippen LogP contribution in [0.4, 0.5) is 0 Å². The first-order chi connectivity index (χ1) is 11.8. The molecule has 0 atom stereocenters. The van der Waals surface area contributed by atoms with Crippen molar-refractivity contribution in [3.8, 4) is 17.2 Å². The van der Waals surface area contributed by atoms with Gasteiger partial charge in [0.1, 0.15) is 6.33 Å². The topological polar surface area (TPSA) is 114 Å². The predicted octanol–water partition coefficient (Wildman–Crippen LogP) is 1.35. The third-order valence-corrected chi connectivity index (χ3v) is 2.76. The van der Waals surface area contributed by atoms with Gasteiger partial charge in [-0.2, -0.15) is 0 Å². The van der Waals surface area contributed by atoms with E-state index < -0.39 is 23.8 Å². The average molecular weight is 346 g/mol. The molecule has 0 spiro atoms. The summed E-state index contributed by atoms with van der Waals surface area (Å²) in [5.74, 6) is -3.41. The Morgan fingerprint density at radius 1 is 0.880 bits per heavy atom. The summed E-state index contributed by atoms with van der Waals surface area (Å²) < 4.78 is 16.1. The van der Waals surface area contributed by atoms with E-state index in [0.717, 1.165) is 20.8 Å². The van der Waals surface area contributed by atoms with E-state index in [1.807, 2.05) is 0 Å². The van der Waals surface area contributed by atoms with Crippen molar-refractivity contribution in [1.29, 1.82) is 0 Å². The summed E-state index contributed by atoms with van der Waals surface area (Å²) in [6.07, 6.45) is 4.10. The lowest BCUT2D eigenvalue weighted by Gasteiger charge is -2.14. The van der Waals surface area contributed by atoms with E-state index >= 15 is 0 Å². The second kappa shape index (κ2) is 7.39. The molecule has 0 unspecified atom stereocenters. The van der Waals surface area contributed by atoms with Crippen LogP contribution in [0.1, 0.15) is 31.1 Å². The minimum Gasteiger partial charge on any atom is -0.423 e. The van der Waals surface area contributed by atoms with Crippen molar-refractivity contribution < 1.29 is 33.4 Å². The van der Waals surface area contributed by atoms with Crippen LogP contribution < -0.4 is 14.2 Å². The fourth-order valence-electron chi connectivity index (χ4n) is 1.93. The van der Waals surface area contributed by atoms with Gasteiger partial charge in [-0.25, -0.2) is 4.98 Å². The highest BCUT2D eigenvalue weighted by Gasteiger charge is 2.22. The lowest BCUT2D eigenvalue weighted by Crippen LogP contribution is -2.14. The number of hydrogen-bond donors (Lipinski definition) is 0. The highest BCUT2D eigenvalue weighted by molar-refractivity contribution is 5.97. The van der Waals surface area contributed by atoms with Crippen LogP contribution in [0, 0.1) is 0 Å². The van der Waals surface area contributed by atoms with Crippen LogP contribution in [-0.4, -0.2) is 33.4 Å². The summed E-state index contributed by atoms with van der Waals surface area (Å²) in [4.78, 5) is 50.2. The van der Waals surface area contributed by atoms with E-state index in [-0.39, 0.29) is 22.8 Å². The molecule has 0 fully saturated rings. The Hall–Kier alpha value is -3.49. The van der Waals surface area contributed by atoms with Crippen LogP contribution in [0.15, 0.2) is 30.9 Å². The minimum absolute atomic E-state index is 0.0291. The average Bonchev–Trinajstić information content (AvgIpc) is 3.02. The molecule has 1 aromatic carbocycles. The Labute approximate surface area is 142 Å². The van der Waals surface area contributed by atoms with Crippen molar-refractivity contribution >= 4 is 23.8 Å². The molecule has 0 aliphatic rings. The zero-order valence-corrected chi connectivity index (χ0v) is 13.6. The Bertz CT molecular complexity index is 803. The molecule has 0 bridgehead atoms. The number of imidazole rings is 1. The smallest absolute Gasteiger partial charge is 0.308 e. The summed E-state index contributed by atoms with van der Waals surface area (Å²) in [5.41, 5.74) is 0.0291. The Morgan fingerprint density at radius 3 is 1.80 bits per heavy atom. The quantitative estimate of drug-likeness (QED) is 0.602.